The highest BCUT2D eigenvalue weighted by molar-refractivity contribution is 7.90. The molecule has 0 N–H and O–H groups in total. The van der Waals surface area contributed by atoms with Gasteiger partial charge < -0.3 is 4.74 Å². The number of ether oxygens (including phenoxy) is 1. The zero-order valence-electron chi connectivity index (χ0n) is 14.1. The summed E-state index contributed by atoms with van der Waals surface area (Å²) >= 11 is 1.63. The van der Waals surface area contributed by atoms with Crippen molar-refractivity contribution in [3.63, 3.8) is 0 Å². The van der Waals surface area contributed by atoms with Crippen molar-refractivity contribution in [1.29, 1.82) is 0 Å². The Labute approximate surface area is 156 Å². The lowest BCUT2D eigenvalue weighted by molar-refractivity contribution is -0.145. The number of carbonyl (C=O) groups excluding carboxylic acids is 1. The van der Waals surface area contributed by atoms with E-state index >= 15 is 0 Å². The predicted octanol–water partition coefficient (Wildman–Crippen LogP) is 4.08. The molecular weight excluding hydrogens is 368 g/mol. The zero-order chi connectivity index (χ0) is 18.3. The molecule has 4 rings (SSSR count). The Morgan fingerprint density at radius 1 is 0.962 bits per heavy atom. The first-order valence-corrected chi connectivity index (χ1v) is 10.8. The smallest absolute Gasteiger partial charge is 0.310 e. The molecule has 0 fully saturated rings. The molecule has 4 nitrogen and oxygen atoms in total. The van der Waals surface area contributed by atoms with Crippen LogP contribution in [-0.2, 0) is 32.4 Å². The Kier molecular flexibility index (Phi) is 4.17. The van der Waals surface area contributed by atoms with Crippen LogP contribution in [0, 0.1) is 0 Å². The molecular formula is C20H16O4S2. The minimum atomic E-state index is -3.25. The van der Waals surface area contributed by atoms with Crippen LogP contribution in [0.5, 0.6) is 0 Å². The summed E-state index contributed by atoms with van der Waals surface area (Å²) in [6, 6.07) is 16.8. The van der Waals surface area contributed by atoms with E-state index in [9.17, 15) is 13.2 Å². The summed E-state index contributed by atoms with van der Waals surface area (Å²) in [6.45, 7) is 0.292. The predicted molar refractivity (Wildman–Crippen MR) is 102 cm³/mol. The van der Waals surface area contributed by atoms with Crippen LogP contribution in [0.15, 0.2) is 59.5 Å². The zero-order valence-corrected chi connectivity index (χ0v) is 15.7. The number of carbonyl (C=O) groups is 1. The van der Waals surface area contributed by atoms with Crippen LogP contribution >= 0.6 is 11.3 Å². The molecule has 0 bridgehead atoms. The van der Waals surface area contributed by atoms with Gasteiger partial charge in [-0.1, -0.05) is 42.5 Å². The average Bonchev–Trinajstić information content (AvgIpc) is 3.00. The maximum Gasteiger partial charge on any atom is 0.310 e. The highest BCUT2D eigenvalue weighted by Gasteiger charge is 2.27. The van der Waals surface area contributed by atoms with Crippen molar-refractivity contribution < 1.29 is 17.9 Å². The molecule has 0 atom stereocenters. The van der Waals surface area contributed by atoms with E-state index < -0.39 is 9.84 Å². The Morgan fingerprint density at radius 2 is 1.65 bits per heavy atom. The number of fused-ring (bicyclic) bond motifs is 1. The van der Waals surface area contributed by atoms with E-state index in [4.69, 9.17) is 4.74 Å². The number of rotatable bonds is 3. The van der Waals surface area contributed by atoms with Gasteiger partial charge in [-0.05, 0) is 28.8 Å². The third-order valence-corrected chi connectivity index (χ3v) is 6.77. The molecule has 1 aromatic heterocycles. The monoisotopic (exact) mass is 384 g/mol. The van der Waals surface area contributed by atoms with E-state index in [-0.39, 0.29) is 17.3 Å². The van der Waals surface area contributed by atoms with E-state index in [1.165, 1.54) is 6.26 Å². The molecule has 0 saturated carbocycles. The second-order valence-electron chi connectivity index (χ2n) is 6.21. The summed E-state index contributed by atoms with van der Waals surface area (Å²) in [6.07, 6.45) is 1.43. The first-order valence-electron chi connectivity index (χ1n) is 8.09. The number of thiophene rings is 1. The fraction of sp³-hybridized carbons (Fsp3) is 0.150. The maximum absolute atomic E-state index is 11.8. The van der Waals surface area contributed by atoms with Gasteiger partial charge in [0.15, 0.2) is 9.84 Å². The minimum Gasteiger partial charge on any atom is -0.460 e. The Balaban J connectivity index is 1.91. The van der Waals surface area contributed by atoms with Gasteiger partial charge in [0.2, 0.25) is 0 Å². The van der Waals surface area contributed by atoms with Crippen LogP contribution in [0.2, 0.25) is 0 Å². The van der Waals surface area contributed by atoms with Gasteiger partial charge in [0.1, 0.15) is 6.61 Å². The van der Waals surface area contributed by atoms with Gasteiger partial charge in [-0.25, -0.2) is 8.42 Å². The van der Waals surface area contributed by atoms with Crippen LogP contribution in [0.3, 0.4) is 0 Å². The van der Waals surface area contributed by atoms with E-state index in [1.807, 2.05) is 42.5 Å². The summed E-state index contributed by atoms with van der Waals surface area (Å²) < 4.78 is 28.7. The van der Waals surface area contributed by atoms with Crippen molar-refractivity contribution in [2.45, 2.75) is 17.9 Å². The summed E-state index contributed by atoms with van der Waals surface area (Å²) in [4.78, 5) is 14.2. The molecule has 0 saturated heterocycles. The Morgan fingerprint density at radius 3 is 2.31 bits per heavy atom. The molecule has 0 unspecified atom stereocenters. The highest BCUT2D eigenvalue weighted by atomic mass is 32.2. The third kappa shape index (κ3) is 3.06. The molecule has 2 aromatic carbocycles. The van der Waals surface area contributed by atoms with Crippen LogP contribution in [0.4, 0.5) is 0 Å². The van der Waals surface area contributed by atoms with E-state index in [1.54, 1.807) is 23.5 Å². The Bertz CT molecular complexity index is 1080. The van der Waals surface area contributed by atoms with Crippen LogP contribution in [-0.4, -0.2) is 20.6 Å². The topological polar surface area (TPSA) is 60.4 Å². The number of esters is 1. The van der Waals surface area contributed by atoms with Crippen molar-refractivity contribution in [3.05, 3.63) is 65.0 Å². The van der Waals surface area contributed by atoms with Crippen molar-refractivity contribution in [1.82, 2.24) is 0 Å². The van der Waals surface area contributed by atoms with Gasteiger partial charge in [-0.3, -0.25) is 4.79 Å². The molecule has 1 aliphatic rings. The molecule has 26 heavy (non-hydrogen) atoms. The number of cyclic esters (lactones) is 1. The number of hydrogen-bond donors (Lipinski definition) is 0. The standard InChI is InChI=1S/C20H16O4S2/c1-26(22,23)15-9-7-13(8-10-15)19-16-11-18(21)24-12-17(16)25-20(19)14-5-3-2-4-6-14/h2-10H,11-12H2,1H3. The first-order chi connectivity index (χ1) is 12.4. The quantitative estimate of drug-likeness (QED) is 0.638. The second kappa shape index (κ2) is 6.37. The summed E-state index contributed by atoms with van der Waals surface area (Å²) in [7, 11) is -3.25. The molecule has 0 amide bonds. The van der Waals surface area contributed by atoms with Gasteiger partial charge in [-0.15, -0.1) is 11.3 Å². The lowest BCUT2D eigenvalue weighted by Gasteiger charge is -2.14. The molecule has 0 aliphatic carbocycles. The SMILES string of the molecule is CS(=O)(=O)c1ccc(-c2c(-c3ccccc3)sc3c2CC(=O)OC3)cc1. The van der Waals surface area contributed by atoms with Gasteiger partial charge in [-0.2, -0.15) is 0 Å². The minimum absolute atomic E-state index is 0.232. The molecule has 2 heterocycles. The molecule has 0 spiro atoms. The fourth-order valence-electron chi connectivity index (χ4n) is 3.12. The lowest BCUT2D eigenvalue weighted by atomic mass is 9.95. The Hall–Kier alpha value is -2.44. The van der Waals surface area contributed by atoms with Gasteiger partial charge >= 0.3 is 5.97 Å². The fourth-order valence-corrected chi connectivity index (χ4v) is 5.01. The molecule has 0 radical (unpaired) electrons. The second-order valence-corrected chi connectivity index (χ2v) is 9.33. The van der Waals surface area contributed by atoms with E-state index in [2.05, 4.69) is 0 Å². The molecule has 132 valence electrons. The van der Waals surface area contributed by atoms with Gasteiger partial charge in [0.25, 0.3) is 0 Å². The van der Waals surface area contributed by atoms with Crippen molar-refractivity contribution in [2.24, 2.45) is 0 Å². The van der Waals surface area contributed by atoms with E-state index in [0.29, 0.717) is 6.61 Å². The van der Waals surface area contributed by atoms with Crippen LogP contribution < -0.4 is 0 Å². The van der Waals surface area contributed by atoms with Crippen molar-refractivity contribution in [2.75, 3.05) is 6.26 Å². The molecule has 6 heteroatoms. The lowest BCUT2D eigenvalue weighted by Crippen LogP contribution is -2.14. The molecule has 3 aromatic rings. The largest absolute Gasteiger partial charge is 0.460 e. The third-order valence-electron chi connectivity index (χ3n) is 4.38. The summed E-state index contributed by atoms with van der Waals surface area (Å²) in [5.74, 6) is -0.232. The number of sulfone groups is 1. The summed E-state index contributed by atoms with van der Waals surface area (Å²) in [5.41, 5.74) is 3.95. The van der Waals surface area contributed by atoms with Gasteiger partial charge in [0, 0.05) is 21.6 Å². The average molecular weight is 384 g/mol. The van der Waals surface area contributed by atoms with E-state index in [0.717, 1.165) is 32.0 Å². The van der Waals surface area contributed by atoms with Gasteiger partial charge in [0.05, 0.1) is 11.3 Å². The number of hydrogen-bond acceptors (Lipinski definition) is 5. The van der Waals surface area contributed by atoms with Crippen LogP contribution in [0.25, 0.3) is 21.6 Å². The normalized spacial score (nSPS) is 14.0. The summed E-state index contributed by atoms with van der Waals surface area (Å²) in [5, 5.41) is 0. The van der Waals surface area contributed by atoms with Crippen LogP contribution in [0.1, 0.15) is 10.4 Å². The number of benzene rings is 2. The van der Waals surface area contributed by atoms with Crippen molar-refractivity contribution in [3.8, 4) is 21.6 Å². The first kappa shape index (κ1) is 17.0. The maximum atomic E-state index is 11.8. The van der Waals surface area contributed by atoms with Crippen molar-refractivity contribution >= 4 is 27.1 Å². The molecule has 1 aliphatic heterocycles. The highest BCUT2D eigenvalue weighted by Crippen LogP contribution is 2.45.